The maximum absolute atomic E-state index is 11.6. The molecule has 2 amide bonds. The highest BCUT2D eigenvalue weighted by Gasteiger charge is 2.32. The minimum absolute atomic E-state index is 0.262. The molecule has 1 aliphatic heterocycles. The molecular weight excluding hydrogens is 250 g/mol. The summed E-state index contributed by atoms with van der Waals surface area (Å²) in [6.45, 7) is 8.43. The zero-order valence-electron chi connectivity index (χ0n) is 13.3. The number of nitrogens with two attached hydrogens (primary N) is 1. The van der Waals surface area contributed by atoms with E-state index < -0.39 is 0 Å². The summed E-state index contributed by atoms with van der Waals surface area (Å²) in [5, 5.41) is 3.77. The predicted octanol–water partition coefficient (Wildman–Crippen LogP) is 2.72. The second-order valence-corrected chi connectivity index (χ2v) is 7.95. The average Bonchev–Trinajstić information content (AvgIpc) is 2.78. The molecule has 1 aliphatic carbocycles. The van der Waals surface area contributed by atoms with Crippen LogP contribution in [0.2, 0.25) is 0 Å². The zero-order valence-corrected chi connectivity index (χ0v) is 13.3. The summed E-state index contributed by atoms with van der Waals surface area (Å²) in [5.74, 6) is 0.565. The molecule has 4 heteroatoms. The normalized spacial score (nSPS) is 28.9. The lowest BCUT2D eigenvalue weighted by Crippen LogP contribution is -2.54. The van der Waals surface area contributed by atoms with Crippen LogP contribution in [0.3, 0.4) is 0 Å². The molecule has 0 aromatic rings. The van der Waals surface area contributed by atoms with Crippen molar-refractivity contribution in [2.24, 2.45) is 17.1 Å². The molecule has 0 spiro atoms. The van der Waals surface area contributed by atoms with Crippen LogP contribution in [0, 0.1) is 11.3 Å². The Labute approximate surface area is 123 Å². The predicted molar refractivity (Wildman–Crippen MR) is 82.5 cm³/mol. The number of piperidine rings is 1. The van der Waals surface area contributed by atoms with Crippen molar-refractivity contribution in [2.75, 3.05) is 13.1 Å². The Hall–Kier alpha value is -0.770. The van der Waals surface area contributed by atoms with Crippen LogP contribution in [-0.4, -0.2) is 36.1 Å². The molecule has 116 valence electrons. The van der Waals surface area contributed by atoms with Crippen LogP contribution in [-0.2, 0) is 0 Å². The van der Waals surface area contributed by atoms with Crippen molar-refractivity contribution in [3.05, 3.63) is 0 Å². The summed E-state index contributed by atoms with van der Waals surface area (Å²) in [4.78, 5) is 13.4. The molecule has 1 saturated carbocycles. The number of carbonyl (C=O) groups excluding carboxylic acids is 1. The van der Waals surface area contributed by atoms with Crippen molar-refractivity contribution >= 4 is 6.03 Å². The Balaban J connectivity index is 1.94. The molecule has 0 bridgehead atoms. The molecule has 2 atom stereocenters. The highest BCUT2D eigenvalue weighted by molar-refractivity contribution is 5.72. The van der Waals surface area contributed by atoms with Crippen molar-refractivity contribution in [1.82, 2.24) is 10.2 Å². The van der Waals surface area contributed by atoms with Crippen LogP contribution in [0.4, 0.5) is 4.79 Å². The van der Waals surface area contributed by atoms with Crippen molar-refractivity contribution in [3.8, 4) is 0 Å². The third kappa shape index (κ3) is 4.65. The standard InChI is InChI=1S/C16H31N3O/c1-16(2,3)9-12-8-14(11-19(10-12)15(17)20)18-13-6-4-5-7-13/h12-14,18H,4-11H2,1-3H3,(H2,17,20). The van der Waals surface area contributed by atoms with E-state index in [0.29, 0.717) is 23.4 Å². The van der Waals surface area contributed by atoms with E-state index in [4.69, 9.17) is 5.73 Å². The van der Waals surface area contributed by atoms with Crippen LogP contribution in [0.5, 0.6) is 0 Å². The van der Waals surface area contributed by atoms with Gasteiger partial charge in [0, 0.05) is 25.2 Å². The van der Waals surface area contributed by atoms with Gasteiger partial charge in [0.2, 0.25) is 0 Å². The molecule has 2 aliphatic rings. The molecule has 0 aromatic heterocycles. The van der Waals surface area contributed by atoms with Gasteiger partial charge in [-0.1, -0.05) is 33.6 Å². The number of hydrogen-bond donors (Lipinski definition) is 2. The van der Waals surface area contributed by atoms with Gasteiger partial charge in [-0.25, -0.2) is 4.79 Å². The van der Waals surface area contributed by atoms with Crippen LogP contribution < -0.4 is 11.1 Å². The number of amides is 2. The van der Waals surface area contributed by atoms with Crippen molar-refractivity contribution in [3.63, 3.8) is 0 Å². The summed E-state index contributed by atoms with van der Waals surface area (Å²) in [7, 11) is 0. The van der Waals surface area contributed by atoms with E-state index in [1.165, 1.54) is 32.1 Å². The lowest BCUT2D eigenvalue weighted by molar-refractivity contribution is 0.126. The molecule has 0 aromatic carbocycles. The number of likely N-dealkylation sites (tertiary alicyclic amines) is 1. The van der Waals surface area contributed by atoms with Crippen molar-refractivity contribution in [2.45, 2.75) is 71.4 Å². The average molecular weight is 281 g/mol. The van der Waals surface area contributed by atoms with E-state index in [1.807, 2.05) is 4.90 Å². The number of carbonyl (C=O) groups is 1. The molecule has 4 nitrogen and oxygen atoms in total. The van der Waals surface area contributed by atoms with E-state index in [0.717, 1.165) is 19.5 Å². The van der Waals surface area contributed by atoms with Gasteiger partial charge < -0.3 is 16.0 Å². The number of hydrogen-bond acceptors (Lipinski definition) is 2. The molecule has 20 heavy (non-hydrogen) atoms. The summed E-state index contributed by atoms with van der Waals surface area (Å²) in [5.41, 5.74) is 5.83. The first-order chi connectivity index (χ1) is 9.33. The van der Waals surface area contributed by atoms with E-state index in [9.17, 15) is 4.79 Å². The summed E-state index contributed by atoms with van der Waals surface area (Å²) in [6, 6.07) is 0.816. The summed E-state index contributed by atoms with van der Waals surface area (Å²) >= 11 is 0. The highest BCUT2D eigenvalue weighted by Crippen LogP contribution is 2.31. The van der Waals surface area contributed by atoms with Gasteiger partial charge in [0.15, 0.2) is 0 Å². The van der Waals surface area contributed by atoms with Gasteiger partial charge in [0.1, 0.15) is 0 Å². The van der Waals surface area contributed by atoms with E-state index in [-0.39, 0.29) is 6.03 Å². The first-order valence-electron chi connectivity index (χ1n) is 8.14. The molecule has 2 rings (SSSR count). The smallest absolute Gasteiger partial charge is 0.314 e. The molecule has 0 radical (unpaired) electrons. The van der Waals surface area contributed by atoms with Crippen molar-refractivity contribution < 1.29 is 4.79 Å². The lowest BCUT2D eigenvalue weighted by Gasteiger charge is -2.40. The monoisotopic (exact) mass is 281 g/mol. The van der Waals surface area contributed by atoms with E-state index in [1.54, 1.807) is 0 Å². The molecule has 1 saturated heterocycles. The SMILES string of the molecule is CC(C)(C)CC1CC(NC2CCCC2)CN(C(N)=O)C1. The van der Waals surface area contributed by atoms with Gasteiger partial charge in [0.05, 0.1) is 0 Å². The summed E-state index contributed by atoms with van der Waals surface area (Å²) in [6.07, 6.45) is 7.59. The van der Waals surface area contributed by atoms with Crippen LogP contribution in [0.15, 0.2) is 0 Å². The number of primary amides is 1. The van der Waals surface area contributed by atoms with Gasteiger partial charge in [-0.3, -0.25) is 0 Å². The second-order valence-electron chi connectivity index (χ2n) is 7.95. The topological polar surface area (TPSA) is 58.4 Å². The fourth-order valence-electron chi connectivity index (χ4n) is 3.94. The van der Waals surface area contributed by atoms with Crippen LogP contribution in [0.25, 0.3) is 0 Å². The maximum atomic E-state index is 11.6. The first-order valence-corrected chi connectivity index (χ1v) is 8.14. The fraction of sp³-hybridized carbons (Fsp3) is 0.938. The van der Waals surface area contributed by atoms with Crippen LogP contribution >= 0.6 is 0 Å². The minimum Gasteiger partial charge on any atom is -0.351 e. The molecule has 3 N–H and O–H groups in total. The minimum atomic E-state index is -0.262. The number of rotatable bonds is 3. The molecule has 2 unspecified atom stereocenters. The Morgan fingerprint density at radius 1 is 1.20 bits per heavy atom. The van der Waals surface area contributed by atoms with Gasteiger partial charge >= 0.3 is 6.03 Å². The van der Waals surface area contributed by atoms with Crippen molar-refractivity contribution in [1.29, 1.82) is 0 Å². The zero-order chi connectivity index (χ0) is 14.8. The largest absolute Gasteiger partial charge is 0.351 e. The Morgan fingerprint density at radius 3 is 2.40 bits per heavy atom. The van der Waals surface area contributed by atoms with E-state index >= 15 is 0 Å². The number of urea groups is 1. The number of nitrogens with zero attached hydrogens (tertiary/aromatic N) is 1. The maximum Gasteiger partial charge on any atom is 0.314 e. The Morgan fingerprint density at radius 2 is 1.85 bits per heavy atom. The van der Waals surface area contributed by atoms with E-state index in [2.05, 4.69) is 26.1 Å². The van der Waals surface area contributed by atoms with Gasteiger partial charge in [-0.2, -0.15) is 0 Å². The third-order valence-corrected chi connectivity index (χ3v) is 4.58. The number of nitrogens with one attached hydrogen (secondary N) is 1. The molecule has 1 heterocycles. The first kappa shape index (κ1) is 15.6. The highest BCUT2D eigenvalue weighted by atomic mass is 16.2. The van der Waals surface area contributed by atoms with Gasteiger partial charge in [0.25, 0.3) is 0 Å². The fourth-order valence-corrected chi connectivity index (χ4v) is 3.94. The second kappa shape index (κ2) is 6.33. The van der Waals surface area contributed by atoms with Gasteiger partial charge in [-0.05, 0) is 37.0 Å². The summed E-state index contributed by atoms with van der Waals surface area (Å²) < 4.78 is 0. The third-order valence-electron chi connectivity index (χ3n) is 4.58. The Bertz CT molecular complexity index is 331. The molecular formula is C16H31N3O. The molecule has 2 fully saturated rings. The quantitative estimate of drug-likeness (QED) is 0.835. The van der Waals surface area contributed by atoms with Crippen LogP contribution in [0.1, 0.15) is 59.3 Å². The Kier molecular flexibility index (Phi) is 4.95. The lowest BCUT2D eigenvalue weighted by atomic mass is 9.80. The van der Waals surface area contributed by atoms with Gasteiger partial charge in [-0.15, -0.1) is 0 Å².